The van der Waals surface area contributed by atoms with Gasteiger partial charge in [0.1, 0.15) is 30.2 Å². The van der Waals surface area contributed by atoms with E-state index in [0.717, 1.165) is 11.1 Å². The van der Waals surface area contributed by atoms with Crippen LogP contribution < -0.4 is 0 Å². The number of ether oxygens (including phenoxy) is 1. The normalized spacial score (nSPS) is 28.7. The molecule has 3 aromatic rings. The van der Waals surface area contributed by atoms with Crippen LogP contribution in [-0.4, -0.2) is 62.6 Å². The summed E-state index contributed by atoms with van der Waals surface area (Å²) in [6.45, 7) is -0.531. The topological polar surface area (TPSA) is 95.1 Å². The first-order valence-corrected chi connectivity index (χ1v) is 11.1. The predicted molar refractivity (Wildman–Crippen MR) is 117 cm³/mol. The Labute approximate surface area is 185 Å². The maximum atomic E-state index is 14.9. The lowest BCUT2D eigenvalue weighted by Gasteiger charge is -2.27. The van der Waals surface area contributed by atoms with Gasteiger partial charge in [-0.25, -0.2) is 4.39 Å². The van der Waals surface area contributed by atoms with E-state index in [4.69, 9.17) is 4.74 Å². The molecule has 6 nitrogen and oxygen atoms in total. The molecule has 2 heterocycles. The number of fused-ring (bicyclic) bond motifs is 1. The Morgan fingerprint density at radius 3 is 2.41 bits per heavy atom. The Balaban J connectivity index is 1.52. The summed E-state index contributed by atoms with van der Waals surface area (Å²) in [5, 5.41) is 41.3. The highest BCUT2D eigenvalue weighted by Gasteiger charge is 2.41. The minimum Gasteiger partial charge on any atom is -0.394 e. The summed E-state index contributed by atoms with van der Waals surface area (Å²) in [6.07, 6.45) is -0.518. The molecule has 2 aromatic carbocycles. The van der Waals surface area contributed by atoms with Gasteiger partial charge in [0.05, 0.1) is 24.8 Å². The van der Waals surface area contributed by atoms with Crippen molar-refractivity contribution < 1.29 is 29.6 Å². The lowest BCUT2D eigenvalue weighted by Crippen LogP contribution is -2.45. The fourth-order valence-corrected chi connectivity index (χ4v) is 4.77. The van der Waals surface area contributed by atoms with Gasteiger partial charge in [0.15, 0.2) is 0 Å². The number of aliphatic hydroxyl groups is 4. The number of benzene rings is 2. The van der Waals surface area contributed by atoms with E-state index in [1.54, 1.807) is 22.9 Å². The van der Waals surface area contributed by atoms with Crippen LogP contribution in [0.5, 0.6) is 0 Å². The lowest BCUT2D eigenvalue weighted by atomic mass is 10.00. The fraction of sp³-hybridized carbons (Fsp3) is 0.440. The molecule has 0 bridgehead atoms. The highest BCUT2D eigenvalue weighted by Crippen LogP contribution is 2.40. The Bertz CT molecular complexity index is 1090. The number of halogens is 1. The molecule has 1 aliphatic heterocycles. The summed E-state index contributed by atoms with van der Waals surface area (Å²) >= 11 is 0. The van der Waals surface area contributed by atoms with Crippen molar-refractivity contribution in [3.05, 3.63) is 71.2 Å². The van der Waals surface area contributed by atoms with Gasteiger partial charge in [0, 0.05) is 11.6 Å². The predicted octanol–water partition coefficient (Wildman–Crippen LogP) is 2.26. The fourth-order valence-electron chi connectivity index (χ4n) is 4.77. The first-order valence-electron chi connectivity index (χ1n) is 11.1. The van der Waals surface area contributed by atoms with Crippen LogP contribution in [0.2, 0.25) is 0 Å². The van der Waals surface area contributed by atoms with Crippen molar-refractivity contribution in [2.45, 2.75) is 55.6 Å². The van der Waals surface area contributed by atoms with E-state index in [1.165, 1.54) is 24.5 Å². The van der Waals surface area contributed by atoms with Crippen LogP contribution in [0.4, 0.5) is 4.39 Å². The van der Waals surface area contributed by atoms with Crippen molar-refractivity contribution in [2.75, 3.05) is 13.2 Å². The van der Waals surface area contributed by atoms with Crippen LogP contribution in [0.15, 0.2) is 48.7 Å². The summed E-state index contributed by atoms with van der Waals surface area (Å²) in [7, 11) is 0. The largest absolute Gasteiger partial charge is 0.394 e. The standard InChI is InChI=1S/C25H28FNO5/c26-18-2-1-3-19-22(18)17(10-14-4-6-15(7-5-14)16-8-9-16)11-27(19)20-13-32-21(12-28)24(30)25(31)23(20)29/h1-7,11,16,20-21,23-25,28-31H,8-10,12-13H2. The maximum absolute atomic E-state index is 14.9. The number of aromatic nitrogens is 1. The first kappa shape index (κ1) is 21.6. The summed E-state index contributed by atoms with van der Waals surface area (Å²) in [4.78, 5) is 0. The molecule has 0 spiro atoms. The Morgan fingerprint density at radius 1 is 0.969 bits per heavy atom. The molecule has 32 heavy (non-hydrogen) atoms. The van der Waals surface area contributed by atoms with Crippen molar-refractivity contribution in [1.82, 2.24) is 4.57 Å². The highest BCUT2D eigenvalue weighted by molar-refractivity contribution is 5.85. The molecule has 2 fully saturated rings. The zero-order chi connectivity index (χ0) is 22.4. The van der Waals surface area contributed by atoms with Crippen LogP contribution in [0.3, 0.4) is 0 Å². The summed E-state index contributed by atoms with van der Waals surface area (Å²) < 4.78 is 22.2. The van der Waals surface area contributed by atoms with E-state index in [0.29, 0.717) is 23.2 Å². The molecular formula is C25H28FNO5. The first-order chi connectivity index (χ1) is 15.5. The molecule has 5 rings (SSSR count). The summed E-state index contributed by atoms with van der Waals surface area (Å²) in [6, 6.07) is 12.5. The SMILES string of the molecule is OCC1OCC(n2cc(Cc3ccc(C4CC4)cc3)c3c(F)cccc32)C(O)C(O)C1O. The Hall–Kier alpha value is -2.29. The molecule has 170 valence electrons. The molecular weight excluding hydrogens is 413 g/mol. The minimum atomic E-state index is -1.51. The second kappa shape index (κ2) is 8.57. The van der Waals surface area contributed by atoms with E-state index in [2.05, 4.69) is 24.3 Å². The minimum absolute atomic E-state index is 0.0453. The number of aliphatic hydroxyl groups excluding tert-OH is 4. The van der Waals surface area contributed by atoms with Gasteiger partial charge in [0.25, 0.3) is 0 Å². The third kappa shape index (κ3) is 3.84. The van der Waals surface area contributed by atoms with Gasteiger partial charge in [-0.2, -0.15) is 0 Å². The Kier molecular flexibility index (Phi) is 5.77. The Morgan fingerprint density at radius 2 is 1.72 bits per heavy atom. The van der Waals surface area contributed by atoms with Crippen LogP contribution in [0, 0.1) is 5.82 Å². The van der Waals surface area contributed by atoms with Crippen LogP contribution >= 0.6 is 0 Å². The number of hydrogen-bond acceptors (Lipinski definition) is 5. The molecule has 1 saturated carbocycles. The number of hydrogen-bond donors (Lipinski definition) is 4. The third-order valence-electron chi connectivity index (χ3n) is 6.80. The van der Waals surface area contributed by atoms with E-state index in [-0.39, 0.29) is 12.4 Å². The third-order valence-corrected chi connectivity index (χ3v) is 6.80. The van der Waals surface area contributed by atoms with Crippen molar-refractivity contribution >= 4 is 10.9 Å². The van der Waals surface area contributed by atoms with Gasteiger partial charge in [-0.3, -0.25) is 0 Å². The zero-order valence-electron chi connectivity index (χ0n) is 17.6. The second-order valence-electron chi connectivity index (χ2n) is 8.98. The molecule has 2 aliphatic rings. The summed E-state index contributed by atoms with van der Waals surface area (Å²) in [5.74, 6) is 0.313. The molecule has 4 N–H and O–H groups in total. The lowest BCUT2D eigenvalue weighted by molar-refractivity contribution is -0.106. The van der Waals surface area contributed by atoms with Gasteiger partial charge in [-0.1, -0.05) is 30.3 Å². The zero-order valence-corrected chi connectivity index (χ0v) is 17.6. The molecule has 7 heteroatoms. The molecule has 5 atom stereocenters. The van der Waals surface area contributed by atoms with Gasteiger partial charge in [0.2, 0.25) is 0 Å². The molecule has 1 aliphatic carbocycles. The molecule has 0 radical (unpaired) electrons. The van der Waals surface area contributed by atoms with Gasteiger partial charge < -0.3 is 29.7 Å². The van der Waals surface area contributed by atoms with Gasteiger partial charge >= 0.3 is 0 Å². The molecule has 1 saturated heterocycles. The van der Waals surface area contributed by atoms with E-state index in [9.17, 15) is 24.8 Å². The van der Waals surface area contributed by atoms with E-state index < -0.39 is 37.1 Å². The number of nitrogens with zero attached hydrogens (tertiary/aromatic N) is 1. The van der Waals surface area contributed by atoms with E-state index in [1.807, 2.05) is 0 Å². The van der Waals surface area contributed by atoms with Crippen molar-refractivity contribution in [3.63, 3.8) is 0 Å². The van der Waals surface area contributed by atoms with Gasteiger partial charge in [-0.15, -0.1) is 0 Å². The van der Waals surface area contributed by atoms with Gasteiger partial charge in [-0.05, 0) is 54.0 Å². The quantitative estimate of drug-likeness (QED) is 0.487. The van der Waals surface area contributed by atoms with Crippen molar-refractivity contribution in [1.29, 1.82) is 0 Å². The van der Waals surface area contributed by atoms with Crippen LogP contribution in [0.1, 0.15) is 41.5 Å². The summed E-state index contributed by atoms with van der Waals surface area (Å²) in [5.41, 5.74) is 3.74. The monoisotopic (exact) mass is 441 g/mol. The number of rotatable bonds is 5. The highest BCUT2D eigenvalue weighted by atomic mass is 19.1. The van der Waals surface area contributed by atoms with Crippen LogP contribution in [-0.2, 0) is 11.2 Å². The smallest absolute Gasteiger partial charge is 0.132 e. The van der Waals surface area contributed by atoms with Crippen LogP contribution in [0.25, 0.3) is 10.9 Å². The van der Waals surface area contributed by atoms with E-state index >= 15 is 0 Å². The molecule has 5 unspecified atom stereocenters. The second-order valence-corrected chi connectivity index (χ2v) is 8.98. The molecule has 1 aromatic heterocycles. The van der Waals surface area contributed by atoms with Crippen molar-refractivity contribution in [3.8, 4) is 0 Å². The average molecular weight is 441 g/mol. The molecule has 0 amide bonds. The maximum Gasteiger partial charge on any atom is 0.132 e. The average Bonchev–Trinajstić information content (AvgIpc) is 3.60. The van der Waals surface area contributed by atoms with Crippen molar-refractivity contribution in [2.24, 2.45) is 0 Å².